The number of para-hydroxylation sites is 1. The van der Waals surface area contributed by atoms with Crippen molar-refractivity contribution < 1.29 is 4.79 Å². The summed E-state index contributed by atoms with van der Waals surface area (Å²) in [5.74, 6) is 0.188. The second-order valence-electron chi connectivity index (χ2n) is 6.75. The number of fused-ring (bicyclic) bond motifs is 1. The maximum absolute atomic E-state index is 12.5. The molecule has 3 rings (SSSR count). The van der Waals surface area contributed by atoms with Gasteiger partial charge in [0.25, 0.3) is 0 Å². The maximum atomic E-state index is 12.5. The highest BCUT2D eigenvalue weighted by molar-refractivity contribution is 8.00. The van der Waals surface area contributed by atoms with Gasteiger partial charge in [0.1, 0.15) is 0 Å². The van der Waals surface area contributed by atoms with Crippen molar-refractivity contribution in [3.8, 4) is 0 Å². The molecule has 0 bridgehead atoms. The Morgan fingerprint density at radius 1 is 1.22 bits per heavy atom. The molecule has 1 atom stereocenters. The van der Waals surface area contributed by atoms with Crippen molar-refractivity contribution in [2.24, 2.45) is 0 Å². The van der Waals surface area contributed by atoms with Gasteiger partial charge >= 0.3 is 0 Å². The lowest BCUT2D eigenvalue weighted by Crippen LogP contribution is -2.45. The molecule has 0 saturated heterocycles. The largest absolute Gasteiger partial charge is 0.360 e. The highest BCUT2D eigenvalue weighted by atomic mass is 32.2. The van der Waals surface area contributed by atoms with Crippen molar-refractivity contribution in [1.82, 2.24) is 5.32 Å². The van der Waals surface area contributed by atoms with Crippen LogP contribution < -0.4 is 10.2 Å². The zero-order chi connectivity index (χ0) is 16.1. The van der Waals surface area contributed by atoms with E-state index in [9.17, 15) is 4.79 Å². The quantitative estimate of drug-likeness (QED) is 0.838. The van der Waals surface area contributed by atoms with Gasteiger partial charge in [0.15, 0.2) is 0 Å². The van der Waals surface area contributed by atoms with Crippen molar-refractivity contribution in [2.75, 3.05) is 18.0 Å². The van der Waals surface area contributed by atoms with Crippen LogP contribution in [0.1, 0.15) is 51.9 Å². The van der Waals surface area contributed by atoms with E-state index in [-0.39, 0.29) is 5.91 Å². The minimum atomic E-state index is 0.188. The van der Waals surface area contributed by atoms with Crippen LogP contribution in [0.4, 0.5) is 5.69 Å². The molecule has 3 nitrogen and oxygen atoms in total. The molecule has 4 heteroatoms. The summed E-state index contributed by atoms with van der Waals surface area (Å²) in [6.45, 7) is 3.69. The van der Waals surface area contributed by atoms with Gasteiger partial charge in [0.2, 0.25) is 5.91 Å². The SMILES string of the molecule is CC[C@H]1CN(CC(=O)NC2CCCCCC2)c2ccccc2S1. The highest BCUT2D eigenvalue weighted by Crippen LogP contribution is 2.39. The first-order valence-corrected chi connectivity index (χ1v) is 9.94. The van der Waals surface area contributed by atoms with E-state index in [0.717, 1.165) is 25.8 Å². The Labute approximate surface area is 144 Å². The van der Waals surface area contributed by atoms with E-state index >= 15 is 0 Å². The number of carbonyl (C=O) groups excluding carboxylic acids is 1. The minimum Gasteiger partial charge on any atom is -0.360 e. The molecule has 0 spiro atoms. The zero-order valence-corrected chi connectivity index (χ0v) is 14.9. The number of benzene rings is 1. The number of nitrogens with one attached hydrogen (secondary N) is 1. The second-order valence-corrected chi connectivity index (χ2v) is 8.09. The second kappa shape index (κ2) is 8.09. The fourth-order valence-corrected chi connectivity index (χ4v) is 4.87. The summed E-state index contributed by atoms with van der Waals surface area (Å²) in [7, 11) is 0. The van der Waals surface area contributed by atoms with E-state index in [1.54, 1.807) is 0 Å². The third kappa shape index (κ3) is 4.43. The summed E-state index contributed by atoms with van der Waals surface area (Å²) in [5, 5.41) is 3.86. The lowest BCUT2D eigenvalue weighted by Gasteiger charge is -2.35. The summed E-state index contributed by atoms with van der Waals surface area (Å²) in [6, 6.07) is 8.88. The van der Waals surface area contributed by atoms with Crippen LogP contribution in [-0.4, -0.2) is 30.3 Å². The summed E-state index contributed by atoms with van der Waals surface area (Å²) in [5.41, 5.74) is 1.22. The van der Waals surface area contributed by atoms with Crippen LogP contribution in [0.25, 0.3) is 0 Å². The fourth-order valence-electron chi connectivity index (χ4n) is 3.61. The standard InChI is InChI=1S/C19H28N2OS/c1-2-16-13-21(17-11-7-8-12-18(17)23-16)14-19(22)20-15-9-5-3-4-6-10-15/h7-8,11-12,15-16H,2-6,9-10,13-14H2,1H3,(H,20,22)/t16-/m0/s1. The smallest absolute Gasteiger partial charge is 0.239 e. The molecule has 1 aliphatic heterocycles. The number of rotatable bonds is 4. The Kier molecular flexibility index (Phi) is 5.87. The Balaban J connectivity index is 1.63. The molecule has 0 aromatic heterocycles. The van der Waals surface area contributed by atoms with Crippen molar-refractivity contribution >= 4 is 23.4 Å². The first-order chi connectivity index (χ1) is 11.3. The number of hydrogen-bond donors (Lipinski definition) is 1. The summed E-state index contributed by atoms with van der Waals surface area (Å²) in [4.78, 5) is 16.1. The molecule has 1 aliphatic carbocycles. The summed E-state index contributed by atoms with van der Waals surface area (Å²) < 4.78 is 0. The normalized spacial score (nSPS) is 22.3. The van der Waals surface area contributed by atoms with Gasteiger partial charge in [0.05, 0.1) is 12.2 Å². The Morgan fingerprint density at radius 3 is 2.70 bits per heavy atom. The topological polar surface area (TPSA) is 32.3 Å². The van der Waals surface area contributed by atoms with Crippen molar-refractivity contribution in [3.05, 3.63) is 24.3 Å². The van der Waals surface area contributed by atoms with Crippen molar-refractivity contribution in [2.45, 2.75) is 68.1 Å². The first kappa shape index (κ1) is 16.7. The fraction of sp³-hybridized carbons (Fsp3) is 0.632. The lowest BCUT2D eigenvalue weighted by atomic mass is 10.1. The van der Waals surface area contributed by atoms with Crippen molar-refractivity contribution in [1.29, 1.82) is 0 Å². The Morgan fingerprint density at radius 2 is 1.96 bits per heavy atom. The molecule has 0 unspecified atom stereocenters. The monoisotopic (exact) mass is 332 g/mol. The van der Waals surface area contributed by atoms with E-state index in [4.69, 9.17) is 0 Å². The average molecular weight is 333 g/mol. The number of carbonyl (C=O) groups is 1. The molecule has 1 heterocycles. The molecule has 0 radical (unpaired) electrons. The molecule has 1 saturated carbocycles. The van der Waals surface area contributed by atoms with Crippen LogP contribution in [0.15, 0.2) is 29.2 Å². The van der Waals surface area contributed by atoms with Gasteiger partial charge < -0.3 is 10.2 Å². The van der Waals surface area contributed by atoms with E-state index in [1.807, 2.05) is 11.8 Å². The molecule has 1 aromatic carbocycles. The van der Waals surface area contributed by atoms with Crippen LogP contribution in [0.2, 0.25) is 0 Å². The van der Waals surface area contributed by atoms with E-state index < -0.39 is 0 Å². The number of hydrogen-bond acceptors (Lipinski definition) is 3. The van der Waals surface area contributed by atoms with Crippen molar-refractivity contribution in [3.63, 3.8) is 0 Å². The van der Waals surface area contributed by atoms with Crippen LogP contribution in [0.5, 0.6) is 0 Å². The average Bonchev–Trinajstić information content (AvgIpc) is 2.83. The molecule has 126 valence electrons. The number of amides is 1. The predicted molar refractivity (Wildman–Crippen MR) is 98.2 cm³/mol. The van der Waals surface area contributed by atoms with Gasteiger partial charge in [-0.3, -0.25) is 4.79 Å². The maximum Gasteiger partial charge on any atom is 0.239 e. The number of thioether (sulfide) groups is 1. The van der Waals surface area contributed by atoms with Gasteiger partial charge in [-0.05, 0) is 31.4 Å². The third-order valence-corrected chi connectivity index (χ3v) is 6.35. The highest BCUT2D eigenvalue weighted by Gasteiger charge is 2.25. The van der Waals surface area contributed by atoms with E-state index in [2.05, 4.69) is 41.4 Å². The Hall–Kier alpha value is -1.16. The molecule has 1 aromatic rings. The van der Waals surface area contributed by atoms with Crippen LogP contribution in [0.3, 0.4) is 0 Å². The molecule has 1 N–H and O–H groups in total. The van der Waals surface area contributed by atoms with Gasteiger partial charge in [-0.1, -0.05) is 44.7 Å². The molecular weight excluding hydrogens is 304 g/mol. The van der Waals surface area contributed by atoms with Gasteiger partial charge in [0, 0.05) is 22.7 Å². The summed E-state index contributed by atoms with van der Waals surface area (Å²) in [6.07, 6.45) is 8.59. The molecule has 1 amide bonds. The van der Waals surface area contributed by atoms with E-state index in [1.165, 1.54) is 36.3 Å². The van der Waals surface area contributed by atoms with Crippen LogP contribution in [-0.2, 0) is 4.79 Å². The predicted octanol–water partition coefficient (Wildman–Crippen LogP) is 4.22. The zero-order valence-electron chi connectivity index (χ0n) is 14.1. The first-order valence-electron chi connectivity index (χ1n) is 9.06. The van der Waals surface area contributed by atoms with Gasteiger partial charge in [-0.25, -0.2) is 0 Å². The van der Waals surface area contributed by atoms with Gasteiger partial charge in [-0.2, -0.15) is 0 Å². The van der Waals surface area contributed by atoms with E-state index in [0.29, 0.717) is 17.8 Å². The van der Waals surface area contributed by atoms with Crippen LogP contribution >= 0.6 is 11.8 Å². The minimum absolute atomic E-state index is 0.188. The summed E-state index contributed by atoms with van der Waals surface area (Å²) >= 11 is 1.95. The Bertz CT molecular complexity index is 526. The lowest BCUT2D eigenvalue weighted by molar-refractivity contribution is -0.120. The molecular formula is C19H28N2OS. The number of nitrogens with zero attached hydrogens (tertiary/aromatic N) is 1. The number of anilines is 1. The molecule has 23 heavy (non-hydrogen) atoms. The molecule has 2 aliphatic rings. The molecule has 1 fully saturated rings. The van der Waals surface area contributed by atoms with Crippen LogP contribution in [0, 0.1) is 0 Å². The third-order valence-electron chi connectivity index (χ3n) is 4.93. The van der Waals surface area contributed by atoms with Gasteiger partial charge in [-0.15, -0.1) is 11.8 Å².